The van der Waals surface area contributed by atoms with Crippen molar-refractivity contribution < 1.29 is 14.3 Å². The van der Waals surface area contributed by atoms with Crippen LogP contribution >= 0.6 is 0 Å². The van der Waals surface area contributed by atoms with Crippen LogP contribution in [0, 0.1) is 6.92 Å². The first kappa shape index (κ1) is 16.3. The zero-order valence-electron chi connectivity index (χ0n) is 13.2. The van der Waals surface area contributed by atoms with Gasteiger partial charge < -0.3 is 14.4 Å². The molecule has 1 amide bonds. The van der Waals surface area contributed by atoms with Crippen LogP contribution < -0.4 is 9.47 Å². The summed E-state index contributed by atoms with van der Waals surface area (Å²) in [6.07, 6.45) is 1.90. The third kappa shape index (κ3) is 3.44. The highest BCUT2D eigenvalue weighted by Crippen LogP contribution is 2.32. The van der Waals surface area contributed by atoms with E-state index in [1.54, 1.807) is 20.3 Å². The Balaban J connectivity index is 3.17. The number of hydrogen-bond donors (Lipinski definition) is 0. The molecule has 0 aliphatic heterocycles. The third-order valence-electron chi connectivity index (χ3n) is 3.28. The van der Waals surface area contributed by atoms with Gasteiger partial charge in [0, 0.05) is 18.7 Å². The maximum absolute atomic E-state index is 12.7. The molecule has 0 heterocycles. The predicted molar refractivity (Wildman–Crippen MR) is 80.8 cm³/mol. The van der Waals surface area contributed by atoms with Gasteiger partial charge in [-0.2, -0.15) is 0 Å². The SMILES string of the molecule is CCCN(CCC)C(=O)c1ccc(OC)c(C)c1OC. The van der Waals surface area contributed by atoms with E-state index < -0.39 is 0 Å². The van der Waals surface area contributed by atoms with Gasteiger partial charge in [-0.05, 0) is 31.9 Å². The molecule has 0 spiro atoms. The first-order chi connectivity index (χ1) is 9.60. The summed E-state index contributed by atoms with van der Waals surface area (Å²) in [5.41, 5.74) is 1.46. The van der Waals surface area contributed by atoms with Gasteiger partial charge in [0.05, 0.1) is 19.8 Å². The van der Waals surface area contributed by atoms with Crippen molar-refractivity contribution in [2.24, 2.45) is 0 Å². The number of carbonyl (C=O) groups is 1. The number of benzene rings is 1. The lowest BCUT2D eigenvalue weighted by molar-refractivity contribution is 0.0752. The van der Waals surface area contributed by atoms with E-state index in [0.717, 1.165) is 37.2 Å². The predicted octanol–water partition coefficient (Wildman–Crippen LogP) is 3.27. The second kappa shape index (κ2) is 7.78. The van der Waals surface area contributed by atoms with Gasteiger partial charge in [0.2, 0.25) is 0 Å². The van der Waals surface area contributed by atoms with Crippen molar-refractivity contribution in [3.8, 4) is 11.5 Å². The molecule has 0 aliphatic rings. The summed E-state index contributed by atoms with van der Waals surface area (Å²) in [6.45, 7) is 7.58. The molecule has 0 radical (unpaired) electrons. The number of nitrogens with zero attached hydrogens (tertiary/aromatic N) is 1. The second-order valence-electron chi connectivity index (χ2n) is 4.77. The molecule has 4 nitrogen and oxygen atoms in total. The Morgan fingerprint density at radius 2 is 1.70 bits per heavy atom. The fourth-order valence-electron chi connectivity index (χ4n) is 2.35. The van der Waals surface area contributed by atoms with E-state index in [9.17, 15) is 4.79 Å². The molecule has 0 saturated carbocycles. The van der Waals surface area contributed by atoms with Crippen molar-refractivity contribution in [1.29, 1.82) is 0 Å². The van der Waals surface area contributed by atoms with Crippen molar-refractivity contribution in [3.63, 3.8) is 0 Å². The average molecular weight is 279 g/mol. The summed E-state index contributed by atoms with van der Waals surface area (Å²) >= 11 is 0. The van der Waals surface area contributed by atoms with Gasteiger partial charge in [0.1, 0.15) is 11.5 Å². The number of carbonyl (C=O) groups excluding carboxylic acids is 1. The quantitative estimate of drug-likeness (QED) is 0.769. The van der Waals surface area contributed by atoms with E-state index in [4.69, 9.17) is 9.47 Å². The van der Waals surface area contributed by atoms with Crippen LogP contribution in [0.4, 0.5) is 0 Å². The average Bonchev–Trinajstić information content (AvgIpc) is 2.46. The summed E-state index contributed by atoms with van der Waals surface area (Å²) in [7, 11) is 3.20. The lowest BCUT2D eigenvalue weighted by Crippen LogP contribution is -2.32. The number of ether oxygens (including phenoxy) is 2. The molecule has 0 bridgehead atoms. The van der Waals surface area contributed by atoms with Gasteiger partial charge in [-0.1, -0.05) is 13.8 Å². The van der Waals surface area contributed by atoms with Crippen LogP contribution in [0.5, 0.6) is 11.5 Å². The van der Waals surface area contributed by atoms with Crippen LogP contribution in [-0.2, 0) is 0 Å². The van der Waals surface area contributed by atoms with Gasteiger partial charge in [0.25, 0.3) is 5.91 Å². The molecule has 4 heteroatoms. The summed E-state index contributed by atoms with van der Waals surface area (Å²) in [5.74, 6) is 1.36. The van der Waals surface area contributed by atoms with Crippen LogP contribution in [-0.4, -0.2) is 38.1 Å². The number of amides is 1. The molecule has 0 aliphatic carbocycles. The van der Waals surface area contributed by atoms with Gasteiger partial charge in [-0.25, -0.2) is 0 Å². The maximum atomic E-state index is 12.7. The van der Waals surface area contributed by atoms with E-state index >= 15 is 0 Å². The Bertz CT molecular complexity index is 451. The van der Waals surface area contributed by atoms with E-state index in [2.05, 4.69) is 13.8 Å². The van der Waals surface area contributed by atoms with Gasteiger partial charge in [0.15, 0.2) is 0 Å². The molecule has 0 N–H and O–H groups in total. The summed E-state index contributed by atoms with van der Waals surface area (Å²) in [5, 5.41) is 0. The highest BCUT2D eigenvalue weighted by Gasteiger charge is 2.21. The van der Waals surface area contributed by atoms with E-state index in [1.807, 2.05) is 17.9 Å². The van der Waals surface area contributed by atoms with Crippen LogP contribution in [0.2, 0.25) is 0 Å². The smallest absolute Gasteiger partial charge is 0.257 e. The normalized spacial score (nSPS) is 10.2. The fraction of sp³-hybridized carbons (Fsp3) is 0.562. The molecule has 0 unspecified atom stereocenters. The van der Waals surface area contributed by atoms with Crippen LogP contribution in [0.15, 0.2) is 12.1 Å². The number of hydrogen-bond acceptors (Lipinski definition) is 3. The van der Waals surface area contributed by atoms with Crippen molar-refractivity contribution in [1.82, 2.24) is 4.90 Å². The minimum atomic E-state index is 0.0244. The largest absolute Gasteiger partial charge is 0.496 e. The summed E-state index contributed by atoms with van der Waals surface area (Å²) < 4.78 is 10.7. The monoisotopic (exact) mass is 279 g/mol. The Labute approximate surface area is 121 Å². The molecule has 1 rings (SSSR count). The topological polar surface area (TPSA) is 38.8 Å². The highest BCUT2D eigenvalue weighted by atomic mass is 16.5. The summed E-state index contributed by atoms with van der Waals surface area (Å²) in [6, 6.07) is 3.60. The molecule has 0 aromatic heterocycles. The van der Waals surface area contributed by atoms with Crippen molar-refractivity contribution in [2.45, 2.75) is 33.6 Å². The minimum absolute atomic E-state index is 0.0244. The molecule has 0 fully saturated rings. The lowest BCUT2D eigenvalue weighted by atomic mass is 10.1. The highest BCUT2D eigenvalue weighted by molar-refractivity contribution is 5.97. The first-order valence-electron chi connectivity index (χ1n) is 7.11. The van der Waals surface area contributed by atoms with E-state index in [-0.39, 0.29) is 5.91 Å². The van der Waals surface area contributed by atoms with Crippen molar-refractivity contribution >= 4 is 5.91 Å². The molecule has 112 valence electrons. The Kier molecular flexibility index (Phi) is 6.36. The Morgan fingerprint density at radius 1 is 1.10 bits per heavy atom. The van der Waals surface area contributed by atoms with Crippen LogP contribution in [0.25, 0.3) is 0 Å². The number of methoxy groups -OCH3 is 2. The zero-order chi connectivity index (χ0) is 15.1. The van der Waals surface area contributed by atoms with E-state index in [1.165, 1.54) is 0 Å². The second-order valence-corrected chi connectivity index (χ2v) is 4.77. The lowest BCUT2D eigenvalue weighted by Gasteiger charge is -2.23. The molecule has 0 saturated heterocycles. The fourth-order valence-corrected chi connectivity index (χ4v) is 2.35. The molecular weight excluding hydrogens is 254 g/mol. The van der Waals surface area contributed by atoms with Gasteiger partial charge in [-0.3, -0.25) is 4.79 Å². The minimum Gasteiger partial charge on any atom is -0.496 e. The molecule has 20 heavy (non-hydrogen) atoms. The van der Waals surface area contributed by atoms with Crippen molar-refractivity contribution in [2.75, 3.05) is 27.3 Å². The van der Waals surface area contributed by atoms with Crippen LogP contribution in [0.3, 0.4) is 0 Å². The zero-order valence-corrected chi connectivity index (χ0v) is 13.2. The first-order valence-corrected chi connectivity index (χ1v) is 7.11. The maximum Gasteiger partial charge on any atom is 0.257 e. The number of rotatable bonds is 7. The third-order valence-corrected chi connectivity index (χ3v) is 3.28. The molecule has 0 atom stereocenters. The summed E-state index contributed by atoms with van der Waals surface area (Å²) in [4.78, 5) is 14.5. The standard InChI is InChI=1S/C16H25NO3/c1-6-10-17(11-7-2)16(18)13-8-9-14(19-4)12(3)15(13)20-5/h8-9H,6-7,10-11H2,1-5H3. The van der Waals surface area contributed by atoms with Crippen LogP contribution in [0.1, 0.15) is 42.6 Å². The Morgan fingerprint density at radius 3 is 2.15 bits per heavy atom. The molecular formula is C16H25NO3. The van der Waals surface area contributed by atoms with Crippen molar-refractivity contribution in [3.05, 3.63) is 23.3 Å². The molecule has 1 aromatic carbocycles. The van der Waals surface area contributed by atoms with Gasteiger partial charge >= 0.3 is 0 Å². The molecule has 1 aromatic rings. The van der Waals surface area contributed by atoms with E-state index in [0.29, 0.717) is 11.3 Å². The Hall–Kier alpha value is -1.71. The van der Waals surface area contributed by atoms with Gasteiger partial charge in [-0.15, -0.1) is 0 Å².